The van der Waals surface area contributed by atoms with Crippen LogP contribution in [0.3, 0.4) is 0 Å². The maximum atomic E-state index is 14.1. The molecule has 7 nitrogen and oxygen atoms in total. The van der Waals surface area contributed by atoms with Crippen LogP contribution >= 0.6 is 0 Å². The number of carbonyl (C=O) groups excluding carboxylic acids is 1. The maximum absolute atomic E-state index is 14.1. The van der Waals surface area contributed by atoms with Gasteiger partial charge in [0.25, 0.3) is 11.5 Å². The van der Waals surface area contributed by atoms with Gasteiger partial charge in [-0.3, -0.25) is 19.1 Å². The van der Waals surface area contributed by atoms with Crippen molar-refractivity contribution in [1.29, 1.82) is 0 Å². The second-order valence-corrected chi connectivity index (χ2v) is 6.43. The lowest BCUT2D eigenvalue weighted by Crippen LogP contribution is -2.42. The summed E-state index contributed by atoms with van der Waals surface area (Å²) in [5, 5.41) is 0. The average molecular weight is 394 g/mol. The van der Waals surface area contributed by atoms with Crippen LogP contribution in [0.15, 0.2) is 27.8 Å². The van der Waals surface area contributed by atoms with Crippen LogP contribution in [0.4, 0.5) is 20.3 Å². The Morgan fingerprint density at radius 1 is 1.18 bits per heavy atom. The number of carbonyl (C=O) groups is 1. The summed E-state index contributed by atoms with van der Waals surface area (Å²) in [4.78, 5) is 40.7. The summed E-state index contributed by atoms with van der Waals surface area (Å²) in [5.74, 6) is -2.77. The van der Waals surface area contributed by atoms with Gasteiger partial charge in [-0.2, -0.15) is 0 Å². The van der Waals surface area contributed by atoms with Gasteiger partial charge >= 0.3 is 5.69 Å². The molecule has 1 amide bonds. The average Bonchev–Trinajstić information content (AvgIpc) is 2.65. The molecule has 28 heavy (non-hydrogen) atoms. The minimum atomic E-state index is -0.915. The van der Waals surface area contributed by atoms with Gasteiger partial charge in [0.1, 0.15) is 17.5 Å². The maximum Gasteiger partial charge on any atom is 0.330 e. The summed E-state index contributed by atoms with van der Waals surface area (Å²) in [6, 6.07) is 2.51. The largest absolute Gasteiger partial charge is 0.383 e. The van der Waals surface area contributed by atoms with Gasteiger partial charge < -0.3 is 10.6 Å². The molecule has 0 aliphatic heterocycles. The zero-order valence-electron chi connectivity index (χ0n) is 15.9. The van der Waals surface area contributed by atoms with Crippen molar-refractivity contribution in [3.8, 4) is 0 Å². The number of halogens is 2. The van der Waals surface area contributed by atoms with Crippen LogP contribution in [0.5, 0.6) is 0 Å². The van der Waals surface area contributed by atoms with Crippen LogP contribution in [-0.2, 0) is 6.54 Å². The smallest absolute Gasteiger partial charge is 0.330 e. The van der Waals surface area contributed by atoms with Crippen LogP contribution in [0.2, 0.25) is 0 Å². The fourth-order valence-corrected chi connectivity index (χ4v) is 2.81. The van der Waals surface area contributed by atoms with Crippen molar-refractivity contribution in [1.82, 2.24) is 9.55 Å². The Labute approximate surface area is 160 Å². The molecule has 2 rings (SSSR count). The molecule has 9 heteroatoms. The van der Waals surface area contributed by atoms with Gasteiger partial charge in [-0.1, -0.05) is 26.7 Å². The highest BCUT2D eigenvalue weighted by molar-refractivity contribution is 6.07. The highest BCUT2D eigenvalue weighted by Crippen LogP contribution is 2.22. The molecule has 3 N–H and O–H groups in total. The van der Waals surface area contributed by atoms with Crippen molar-refractivity contribution in [2.75, 3.05) is 17.2 Å². The number of amides is 1. The number of nitrogen functional groups attached to an aromatic ring is 1. The summed E-state index contributed by atoms with van der Waals surface area (Å²) in [5.41, 5.74) is 3.78. The number of aromatic amines is 1. The normalized spacial score (nSPS) is 10.9. The molecule has 0 bridgehead atoms. The molecule has 0 radical (unpaired) electrons. The van der Waals surface area contributed by atoms with E-state index in [0.29, 0.717) is 19.3 Å². The lowest BCUT2D eigenvalue weighted by atomic mass is 10.1. The van der Waals surface area contributed by atoms with Crippen molar-refractivity contribution in [3.63, 3.8) is 0 Å². The number of H-pyrrole nitrogens is 1. The Bertz CT molecular complexity index is 969. The van der Waals surface area contributed by atoms with Gasteiger partial charge in [0, 0.05) is 13.1 Å². The first kappa shape index (κ1) is 21.3. The van der Waals surface area contributed by atoms with E-state index in [1.165, 1.54) is 4.57 Å². The number of nitrogens with one attached hydrogen (secondary N) is 1. The summed E-state index contributed by atoms with van der Waals surface area (Å²) < 4.78 is 28.9. The molecular weight excluding hydrogens is 370 g/mol. The zero-order valence-corrected chi connectivity index (χ0v) is 15.9. The van der Waals surface area contributed by atoms with Crippen LogP contribution in [0, 0.1) is 11.6 Å². The zero-order chi connectivity index (χ0) is 20.8. The molecule has 0 aliphatic rings. The third-order valence-electron chi connectivity index (χ3n) is 4.36. The van der Waals surface area contributed by atoms with Crippen molar-refractivity contribution in [2.45, 2.75) is 46.1 Å². The number of nitrogens with two attached hydrogens (primary N) is 1. The standard InChI is InChI=1S/C19H24F2N4O3/c1-3-5-9-24(18(27)13-11-12(20)7-8-14(13)21)15-16(22)25(10-6-4-2)19(28)23-17(15)26/h7-8,11H,3-6,9-10,22H2,1-2H3,(H,23,26,28). The Morgan fingerprint density at radius 2 is 1.86 bits per heavy atom. The molecule has 152 valence electrons. The summed E-state index contributed by atoms with van der Waals surface area (Å²) >= 11 is 0. The van der Waals surface area contributed by atoms with Crippen molar-refractivity contribution >= 4 is 17.4 Å². The van der Waals surface area contributed by atoms with Gasteiger partial charge in [0.15, 0.2) is 5.69 Å². The number of rotatable bonds is 8. The Morgan fingerprint density at radius 3 is 2.50 bits per heavy atom. The van der Waals surface area contributed by atoms with Crippen LogP contribution in [0.1, 0.15) is 49.9 Å². The first-order chi connectivity index (χ1) is 13.3. The van der Waals surface area contributed by atoms with Crippen LogP contribution in [0.25, 0.3) is 0 Å². The van der Waals surface area contributed by atoms with E-state index in [0.717, 1.165) is 29.5 Å². The first-order valence-electron chi connectivity index (χ1n) is 9.21. The number of aromatic nitrogens is 2. The number of hydrogen-bond acceptors (Lipinski definition) is 4. The van der Waals surface area contributed by atoms with Crippen molar-refractivity contribution < 1.29 is 13.6 Å². The number of benzene rings is 1. The number of nitrogens with zero attached hydrogens (tertiary/aromatic N) is 2. The molecule has 0 fully saturated rings. The summed E-state index contributed by atoms with van der Waals surface area (Å²) in [7, 11) is 0. The predicted octanol–water partition coefficient (Wildman–Crippen LogP) is 2.64. The second kappa shape index (κ2) is 9.29. The van der Waals surface area contributed by atoms with E-state index in [-0.39, 0.29) is 24.6 Å². The quantitative estimate of drug-likeness (QED) is 0.719. The Balaban J connectivity index is 2.63. The van der Waals surface area contributed by atoms with Gasteiger partial charge in [-0.05, 0) is 31.0 Å². The van der Waals surface area contributed by atoms with Crippen LogP contribution < -0.4 is 21.9 Å². The third-order valence-corrected chi connectivity index (χ3v) is 4.36. The highest BCUT2D eigenvalue weighted by atomic mass is 19.1. The first-order valence-corrected chi connectivity index (χ1v) is 9.21. The lowest BCUT2D eigenvalue weighted by Gasteiger charge is -2.24. The number of unbranched alkanes of at least 4 members (excludes halogenated alkanes) is 2. The van der Waals surface area contributed by atoms with Crippen LogP contribution in [-0.4, -0.2) is 22.0 Å². The van der Waals surface area contributed by atoms with Crippen molar-refractivity contribution in [2.24, 2.45) is 0 Å². The fourth-order valence-electron chi connectivity index (χ4n) is 2.81. The molecule has 2 aromatic rings. The molecule has 1 aromatic carbocycles. The van der Waals surface area contributed by atoms with E-state index in [4.69, 9.17) is 5.73 Å². The molecule has 1 heterocycles. The second-order valence-electron chi connectivity index (χ2n) is 6.43. The summed E-state index contributed by atoms with van der Waals surface area (Å²) in [6.07, 6.45) is 2.60. The molecule has 0 unspecified atom stereocenters. The summed E-state index contributed by atoms with van der Waals surface area (Å²) in [6.45, 7) is 4.12. The van der Waals surface area contributed by atoms with E-state index in [9.17, 15) is 23.2 Å². The topological polar surface area (TPSA) is 101 Å². The van der Waals surface area contributed by atoms with Gasteiger partial charge in [-0.25, -0.2) is 13.6 Å². The molecule has 0 spiro atoms. The van der Waals surface area contributed by atoms with E-state index < -0.39 is 34.4 Å². The number of hydrogen-bond donors (Lipinski definition) is 2. The van der Waals surface area contributed by atoms with E-state index >= 15 is 0 Å². The van der Waals surface area contributed by atoms with Gasteiger partial charge in [0.2, 0.25) is 0 Å². The highest BCUT2D eigenvalue weighted by Gasteiger charge is 2.27. The van der Waals surface area contributed by atoms with Gasteiger partial charge in [0.05, 0.1) is 5.56 Å². The predicted molar refractivity (Wildman–Crippen MR) is 104 cm³/mol. The van der Waals surface area contributed by atoms with E-state index in [2.05, 4.69) is 4.98 Å². The monoisotopic (exact) mass is 394 g/mol. The van der Waals surface area contributed by atoms with E-state index in [1.54, 1.807) is 0 Å². The van der Waals surface area contributed by atoms with Gasteiger partial charge in [-0.15, -0.1) is 0 Å². The molecular formula is C19H24F2N4O3. The molecule has 0 aliphatic carbocycles. The minimum absolute atomic E-state index is 0.0601. The molecule has 0 saturated heterocycles. The Kier molecular flexibility index (Phi) is 7.08. The molecule has 0 atom stereocenters. The molecule has 0 saturated carbocycles. The molecule has 1 aromatic heterocycles. The Hall–Kier alpha value is -2.97. The van der Waals surface area contributed by atoms with E-state index in [1.807, 2.05) is 13.8 Å². The fraction of sp³-hybridized carbons (Fsp3) is 0.421. The minimum Gasteiger partial charge on any atom is -0.383 e. The van der Waals surface area contributed by atoms with Crippen molar-refractivity contribution in [3.05, 3.63) is 56.2 Å². The number of anilines is 2. The third kappa shape index (κ3) is 4.47. The lowest BCUT2D eigenvalue weighted by molar-refractivity contribution is 0.0982. The SMILES string of the molecule is CCCCN(C(=O)c1cc(F)ccc1F)c1c(N)n(CCCC)c(=O)[nH]c1=O.